The number of halogens is 1. The lowest BCUT2D eigenvalue weighted by Crippen LogP contribution is -2.56. The van der Waals surface area contributed by atoms with Gasteiger partial charge in [0.05, 0.1) is 4.90 Å². The van der Waals surface area contributed by atoms with E-state index in [2.05, 4.69) is 37.9 Å². The average molecular weight is 401 g/mol. The first-order valence-electron chi connectivity index (χ1n) is 9.00. The fourth-order valence-electron chi connectivity index (χ4n) is 3.53. The van der Waals surface area contributed by atoms with E-state index < -0.39 is 21.5 Å². The monoisotopic (exact) mass is 400 g/mol. The van der Waals surface area contributed by atoms with E-state index in [1.54, 1.807) is 0 Å². The third kappa shape index (κ3) is 5.69. The van der Waals surface area contributed by atoms with E-state index in [-0.39, 0.29) is 10.4 Å². The minimum atomic E-state index is -3.67. The molecule has 7 heteroatoms. The van der Waals surface area contributed by atoms with Gasteiger partial charge >= 0.3 is 0 Å². The molecule has 2 rings (SSSR count). The summed E-state index contributed by atoms with van der Waals surface area (Å²) in [5.41, 5.74) is -0.220. The number of carbonyl (C=O) groups is 1. The molecule has 1 aliphatic rings. The molecule has 0 aliphatic carbocycles. The Morgan fingerprint density at radius 1 is 1.19 bits per heavy atom. The van der Waals surface area contributed by atoms with Crippen LogP contribution in [0, 0.1) is 11.8 Å². The summed E-state index contributed by atoms with van der Waals surface area (Å²) in [4.78, 5) is 14.7. The molecule has 146 valence electrons. The van der Waals surface area contributed by atoms with E-state index in [4.69, 9.17) is 11.6 Å². The van der Waals surface area contributed by atoms with Gasteiger partial charge in [0.15, 0.2) is 9.84 Å². The Bertz CT molecular complexity index is 722. The van der Waals surface area contributed by atoms with Gasteiger partial charge in [-0.3, -0.25) is 9.69 Å². The molecular formula is C19H29ClN2O3S. The number of benzene rings is 1. The second-order valence-electron chi connectivity index (χ2n) is 8.15. The van der Waals surface area contributed by atoms with Gasteiger partial charge in [0, 0.05) is 30.2 Å². The summed E-state index contributed by atoms with van der Waals surface area (Å²) in [7, 11) is -3.67. The maximum Gasteiger partial charge on any atom is 0.235 e. The third-order valence-corrected chi connectivity index (χ3v) is 6.82. The Hall–Kier alpha value is -1.11. The smallest absolute Gasteiger partial charge is 0.235 e. The second kappa shape index (κ2) is 8.28. The summed E-state index contributed by atoms with van der Waals surface area (Å²) < 4.78 is 24.7. The van der Waals surface area contributed by atoms with Crippen LogP contribution < -0.4 is 5.32 Å². The highest BCUT2D eigenvalue weighted by Crippen LogP contribution is 2.26. The van der Waals surface area contributed by atoms with Crippen molar-refractivity contribution in [3.8, 4) is 0 Å². The molecule has 26 heavy (non-hydrogen) atoms. The molecule has 1 N–H and O–H groups in total. The number of nitrogens with one attached hydrogen (secondary N) is 1. The molecular weight excluding hydrogens is 372 g/mol. The van der Waals surface area contributed by atoms with Crippen molar-refractivity contribution in [2.75, 3.05) is 25.4 Å². The van der Waals surface area contributed by atoms with Crippen LogP contribution in [0.25, 0.3) is 0 Å². The van der Waals surface area contributed by atoms with Gasteiger partial charge in [0.25, 0.3) is 0 Å². The molecule has 1 aromatic carbocycles. The lowest BCUT2D eigenvalue weighted by molar-refractivity contribution is -0.119. The van der Waals surface area contributed by atoms with Crippen LogP contribution in [0.15, 0.2) is 29.2 Å². The van der Waals surface area contributed by atoms with Crippen LogP contribution in [0.4, 0.5) is 0 Å². The van der Waals surface area contributed by atoms with Gasteiger partial charge < -0.3 is 5.32 Å². The minimum absolute atomic E-state index is 0.106. The van der Waals surface area contributed by atoms with Crippen molar-refractivity contribution in [3.05, 3.63) is 29.3 Å². The standard InChI is InChI=1S/C19H29ClN2O3S/c1-14-9-15(2)11-22(10-14)19(3,4)13-21-18(23)12-26(24,25)17-7-5-16(20)6-8-17/h5-8,14-15H,9-13H2,1-4H3,(H,21,23). The first kappa shape index (κ1) is 21.2. The summed E-state index contributed by atoms with van der Waals surface area (Å²) in [6.07, 6.45) is 1.22. The maximum atomic E-state index is 12.4. The van der Waals surface area contributed by atoms with Crippen molar-refractivity contribution in [2.45, 2.75) is 44.6 Å². The quantitative estimate of drug-likeness (QED) is 0.797. The highest BCUT2D eigenvalue weighted by Gasteiger charge is 2.33. The first-order valence-corrected chi connectivity index (χ1v) is 11.0. The van der Waals surface area contributed by atoms with Crippen LogP contribution in [-0.4, -0.2) is 50.2 Å². The molecule has 0 spiro atoms. The first-order chi connectivity index (χ1) is 12.0. The van der Waals surface area contributed by atoms with Crippen LogP contribution in [0.2, 0.25) is 5.02 Å². The van der Waals surface area contributed by atoms with Gasteiger partial charge in [0.2, 0.25) is 5.91 Å². The molecule has 1 aromatic rings. The number of hydrogen-bond donors (Lipinski definition) is 1. The Labute approximate surface area is 162 Å². The highest BCUT2D eigenvalue weighted by molar-refractivity contribution is 7.92. The van der Waals surface area contributed by atoms with Gasteiger partial charge in [0.1, 0.15) is 5.75 Å². The number of nitrogens with zero attached hydrogens (tertiary/aromatic N) is 1. The zero-order valence-electron chi connectivity index (χ0n) is 16.0. The molecule has 1 fully saturated rings. The van der Waals surface area contributed by atoms with Crippen molar-refractivity contribution < 1.29 is 13.2 Å². The van der Waals surface area contributed by atoms with E-state index in [1.807, 2.05) is 0 Å². The summed E-state index contributed by atoms with van der Waals surface area (Å²) in [5, 5.41) is 3.26. The topological polar surface area (TPSA) is 66.5 Å². The van der Waals surface area contributed by atoms with E-state index in [0.29, 0.717) is 23.4 Å². The summed E-state index contributed by atoms with van der Waals surface area (Å²) in [5.74, 6) is 0.210. The molecule has 5 nitrogen and oxygen atoms in total. The third-order valence-electron chi connectivity index (χ3n) is 4.94. The Morgan fingerprint density at radius 3 is 2.27 bits per heavy atom. The van der Waals surface area contributed by atoms with Crippen molar-refractivity contribution in [1.82, 2.24) is 10.2 Å². The van der Waals surface area contributed by atoms with E-state index in [9.17, 15) is 13.2 Å². The van der Waals surface area contributed by atoms with Gasteiger partial charge in [-0.05, 0) is 56.4 Å². The van der Waals surface area contributed by atoms with Gasteiger partial charge in [-0.1, -0.05) is 25.4 Å². The number of rotatable bonds is 6. The van der Waals surface area contributed by atoms with Crippen LogP contribution in [0.1, 0.15) is 34.1 Å². The normalized spacial score (nSPS) is 22.2. The van der Waals surface area contributed by atoms with Crippen LogP contribution >= 0.6 is 11.6 Å². The molecule has 1 aliphatic heterocycles. The summed E-state index contributed by atoms with van der Waals surface area (Å²) in [6.45, 7) is 11.1. The molecule has 1 saturated heterocycles. The Balaban J connectivity index is 1.94. The lowest BCUT2D eigenvalue weighted by Gasteiger charge is -2.45. The van der Waals surface area contributed by atoms with Gasteiger partial charge in [-0.25, -0.2) is 8.42 Å². The van der Waals surface area contributed by atoms with Gasteiger partial charge in [-0.15, -0.1) is 0 Å². The molecule has 1 heterocycles. The predicted molar refractivity (Wildman–Crippen MR) is 105 cm³/mol. The fraction of sp³-hybridized carbons (Fsp3) is 0.632. The number of carbonyl (C=O) groups excluding carboxylic acids is 1. The zero-order chi connectivity index (χ0) is 19.5. The number of hydrogen-bond acceptors (Lipinski definition) is 4. The molecule has 1 amide bonds. The molecule has 2 atom stereocenters. The maximum absolute atomic E-state index is 12.4. The molecule has 0 bridgehead atoms. The van der Waals surface area contributed by atoms with E-state index in [1.165, 1.54) is 30.7 Å². The molecule has 2 unspecified atom stereocenters. The molecule has 0 saturated carbocycles. The van der Waals surface area contributed by atoms with Gasteiger partial charge in [-0.2, -0.15) is 0 Å². The number of likely N-dealkylation sites (tertiary alicyclic amines) is 1. The Morgan fingerprint density at radius 2 is 1.73 bits per heavy atom. The van der Waals surface area contributed by atoms with E-state index in [0.717, 1.165) is 13.1 Å². The zero-order valence-corrected chi connectivity index (χ0v) is 17.5. The van der Waals surface area contributed by atoms with Crippen LogP contribution in [0.5, 0.6) is 0 Å². The van der Waals surface area contributed by atoms with Crippen molar-refractivity contribution in [2.24, 2.45) is 11.8 Å². The molecule has 0 aromatic heterocycles. The van der Waals surface area contributed by atoms with E-state index >= 15 is 0 Å². The van der Waals surface area contributed by atoms with Crippen molar-refractivity contribution >= 4 is 27.3 Å². The van der Waals surface area contributed by atoms with Crippen LogP contribution in [0.3, 0.4) is 0 Å². The Kier molecular flexibility index (Phi) is 6.75. The summed E-state index contributed by atoms with van der Waals surface area (Å²) in [6, 6.07) is 5.86. The lowest BCUT2D eigenvalue weighted by atomic mass is 9.88. The SMILES string of the molecule is CC1CC(C)CN(C(C)(C)CNC(=O)CS(=O)(=O)c2ccc(Cl)cc2)C1. The molecule has 0 radical (unpaired) electrons. The number of sulfone groups is 1. The number of piperidine rings is 1. The number of amides is 1. The largest absolute Gasteiger partial charge is 0.353 e. The average Bonchev–Trinajstić information content (AvgIpc) is 2.52. The van der Waals surface area contributed by atoms with Crippen LogP contribution in [-0.2, 0) is 14.6 Å². The minimum Gasteiger partial charge on any atom is -0.353 e. The fourth-order valence-corrected chi connectivity index (χ4v) is 4.82. The van der Waals surface area contributed by atoms with Crippen molar-refractivity contribution in [1.29, 1.82) is 0 Å². The highest BCUT2D eigenvalue weighted by atomic mass is 35.5. The predicted octanol–water partition coefficient (Wildman–Crippen LogP) is 2.99. The second-order valence-corrected chi connectivity index (χ2v) is 10.6. The van der Waals surface area contributed by atoms with Crippen molar-refractivity contribution in [3.63, 3.8) is 0 Å². The summed E-state index contributed by atoms with van der Waals surface area (Å²) >= 11 is 5.78.